The van der Waals surface area contributed by atoms with Gasteiger partial charge in [-0.2, -0.15) is 0 Å². The van der Waals surface area contributed by atoms with Gasteiger partial charge < -0.3 is 15.3 Å². The van der Waals surface area contributed by atoms with Gasteiger partial charge in [0.05, 0.1) is 12.2 Å². The molecule has 0 spiro atoms. The zero-order chi connectivity index (χ0) is 22.1. The molecule has 0 radical (unpaired) electrons. The maximum Gasteiger partial charge on any atom is 0.163 e. The predicted molar refractivity (Wildman–Crippen MR) is 120 cm³/mol. The van der Waals surface area contributed by atoms with Gasteiger partial charge in [-0.3, -0.25) is 4.79 Å². The Morgan fingerprint density at radius 1 is 1.20 bits per heavy atom. The standard InChI is InChI=1S/C26H42O4/c1-17(7-12-24(29)25(2,3)30)22-10-11-23-19(6-5-13-26(22,23)4)9-8-18-14-20(27)16-21(28)15-18/h8-9,17,20-23,27-28,30H,5-7,10-16H2,1-4H3/b19-9+/t17-,20-,21-,22?,23?,26-/m1/s1. The molecule has 3 rings (SSSR count). The van der Waals surface area contributed by atoms with Crippen LogP contribution in [0.2, 0.25) is 0 Å². The summed E-state index contributed by atoms with van der Waals surface area (Å²) in [7, 11) is 0. The van der Waals surface area contributed by atoms with E-state index in [4.69, 9.17) is 0 Å². The lowest BCUT2D eigenvalue weighted by Gasteiger charge is -2.44. The van der Waals surface area contributed by atoms with Crippen molar-refractivity contribution in [2.24, 2.45) is 23.2 Å². The molecule has 3 N–H and O–H groups in total. The molecule has 2 unspecified atom stereocenters. The number of Topliss-reactive ketones (excluding diaryl/α,β-unsaturated/α-hetero) is 1. The smallest absolute Gasteiger partial charge is 0.163 e. The van der Waals surface area contributed by atoms with Gasteiger partial charge in [-0.1, -0.05) is 37.1 Å². The van der Waals surface area contributed by atoms with Crippen molar-refractivity contribution in [1.82, 2.24) is 0 Å². The maximum atomic E-state index is 12.2. The van der Waals surface area contributed by atoms with E-state index in [0.717, 1.165) is 18.4 Å². The molecule has 0 aliphatic heterocycles. The summed E-state index contributed by atoms with van der Waals surface area (Å²) in [5.41, 5.74) is 1.75. The molecule has 0 aromatic rings. The molecule has 0 amide bonds. The highest BCUT2D eigenvalue weighted by atomic mass is 16.3. The van der Waals surface area contributed by atoms with E-state index in [2.05, 4.69) is 26.0 Å². The molecular weight excluding hydrogens is 376 g/mol. The van der Waals surface area contributed by atoms with Gasteiger partial charge in [0.2, 0.25) is 0 Å². The number of ketones is 1. The normalized spacial score (nSPS) is 37.2. The number of hydrogen-bond donors (Lipinski definition) is 3. The summed E-state index contributed by atoms with van der Waals surface area (Å²) in [5, 5.41) is 29.8. The van der Waals surface area contributed by atoms with Crippen molar-refractivity contribution in [2.45, 2.75) is 110 Å². The van der Waals surface area contributed by atoms with Crippen molar-refractivity contribution in [3.63, 3.8) is 0 Å². The lowest BCUT2D eigenvalue weighted by molar-refractivity contribution is -0.134. The first-order valence-corrected chi connectivity index (χ1v) is 12.0. The first-order chi connectivity index (χ1) is 14.0. The van der Waals surface area contributed by atoms with Crippen LogP contribution in [0.1, 0.15) is 91.9 Å². The molecule has 6 atom stereocenters. The Labute approximate surface area is 182 Å². The van der Waals surface area contributed by atoms with Crippen molar-refractivity contribution in [2.75, 3.05) is 0 Å². The second-order valence-electron chi connectivity index (χ2n) is 11.1. The summed E-state index contributed by atoms with van der Waals surface area (Å²) in [5.74, 6) is 1.64. The molecule has 4 nitrogen and oxygen atoms in total. The number of carbonyl (C=O) groups excluding carboxylic acids is 1. The Kier molecular flexibility index (Phi) is 7.31. The van der Waals surface area contributed by atoms with Crippen LogP contribution >= 0.6 is 0 Å². The molecule has 0 bridgehead atoms. The van der Waals surface area contributed by atoms with E-state index >= 15 is 0 Å². The third-order valence-electron chi connectivity index (χ3n) is 8.31. The van der Waals surface area contributed by atoms with Crippen molar-refractivity contribution in [3.05, 3.63) is 23.3 Å². The number of hydrogen-bond acceptors (Lipinski definition) is 4. The highest BCUT2D eigenvalue weighted by Gasteiger charge is 2.50. The van der Waals surface area contributed by atoms with Gasteiger partial charge in [0.15, 0.2) is 5.78 Å². The fraction of sp³-hybridized carbons (Fsp3) is 0.808. The van der Waals surface area contributed by atoms with Gasteiger partial charge in [0.25, 0.3) is 0 Å². The Morgan fingerprint density at radius 3 is 2.50 bits per heavy atom. The summed E-state index contributed by atoms with van der Waals surface area (Å²) < 4.78 is 0. The van der Waals surface area contributed by atoms with Gasteiger partial charge in [-0.15, -0.1) is 0 Å². The van der Waals surface area contributed by atoms with Crippen molar-refractivity contribution in [1.29, 1.82) is 0 Å². The molecule has 3 saturated carbocycles. The number of allylic oxidation sites excluding steroid dienone is 3. The molecule has 30 heavy (non-hydrogen) atoms. The van der Waals surface area contributed by atoms with Crippen molar-refractivity contribution in [3.8, 4) is 0 Å². The molecule has 0 heterocycles. The molecule has 0 aromatic carbocycles. The average molecular weight is 419 g/mol. The fourth-order valence-electron chi connectivity index (χ4n) is 6.61. The van der Waals surface area contributed by atoms with Crippen molar-refractivity contribution < 1.29 is 20.1 Å². The molecule has 3 fully saturated rings. The SMILES string of the molecule is C[C@H](CCC(=O)C(C)(C)O)C1CCC2/C(=C/C=C3C[C@@H](O)C[C@H](O)C3)CCC[C@@]21C. The third-order valence-corrected chi connectivity index (χ3v) is 8.31. The molecule has 0 saturated heterocycles. The Bertz CT molecular complexity index is 674. The van der Waals surface area contributed by atoms with E-state index in [-0.39, 0.29) is 11.2 Å². The van der Waals surface area contributed by atoms with Crippen LogP contribution < -0.4 is 0 Å². The summed E-state index contributed by atoms with van der Waals surface area (Å²) in [6.45, 7) is 7.92. The van der Waals surface area contributed by atoms with Crippen LogP contribution in [0.15, 0.2) is 23.3 Å². The van der Waals surface area contributed by atoms with Crippen LogP contribution in [0.4, 0.5) is 0 Å². The molecule has 0 aromatic heterocycles. The molecule has 170 valence electrons. The lowest BCUT2D eigenvalue weighted by atomic mass is 9.60. The highest BCUT2D eigenvalue weighted by molar-refractivity contribution is 5.86. The van der Waals surface area contributed by atoms with E-state index in [1.54, 1.807) is 13.8 Å². The van der Waals surface area contributed by atoms with Crippen LogP contribution in [-0.4, -0.2) is 38.9 Å². The minimum Gasteiger partial charge on any atom is -0.393 e. The molecular formula is C26H42O4. The zero-order valence-electron chi connectivity index (χ0n) is 19.4. The first kappa shape index (κ1) is 23.7. The van der Waals surface area contributed by atoms with Gasteiger partial charge in [0, 0.05) is 6.42 Å². The second kappa shape index (κ2) is 9.26. The maximum absolute atomic E-state index is 12.2. The van der Waals surface area contributed by atoms with Gasteiger partial charge >= 0.3 is 0 Å². The van der Waals surface area contributed by atoms with Crippen LogP contribution in [0.25, 0.3) is 0 Å². The quantitative estimate of drug-likeness (QED) is 0.583. The Balaban J connectivity index is 1.68. The first-order valence-electron chi connectivity index (χ1n) is 12.0. The Morgan fingerprint density at radius 2 is 1.87 bits per heavy atom. The lowest BCUT2D eigenvalue weighted by Crippen LogP contribution is -2.36. The van der Waals surface area contributed by atoms with Gasteiger partial charge in [-0.05, 0) is 94.8 Å². The number of rotatable bonds is 6. The van der Waals surface area contributed by atoms with Crippen LogP contribution in [0.5, 0.6) is 0 Å². The summed E-state index contributed by atoms with van der Waals surface area (Å²) in [4.78, 5) is 12.2. The summed E-state index contributed by atoms with van der Waals surface area (Å²) in [6.07, 6.45) is 12.8. The number of carbonyl (C=O) groups is 1. The molecule has 3 aliphatic carbocycles. The van der Waals surface area contributed by atoms with Gasteiger partial charge in [0.1, 0.15) is 5.60 Å². The monoisotopic (exact) mass is 418 g/mol. The van der Waals surface area contributed by atoms with Crippen LogP contribution in [-0.2, 0) is 4.79 Å². The Hall–Kier alpha value is -0.970. The van der Waals surface area contributed by atoms with Crippen LogP contribution in [0, 0.1) is 23.2 Å². The number of fused-ring (bicyclic) bond motifs is 1. The number of aliphatic hydroxyl groups is 3. The minimum absolute atomic E-state index is 0.0539. The van der Waals surface area contributed by atoms with E-state index < -0.39 is 17.8 Å². The zero-order valence-corrected chi connectivity index (χ0v) is 19.4. The third kappa shape index (κ3) is 5.26. The summed E-state index contributed by atoms with van der Waals surface area (Å²) >= 11 is 0. The number of aliphatic hydroxyl groups excluding tert-OH is 2. The summed E-state index contributed by atoms with van der Waals surface area (Å²) in [6, 6.07) is 0. The topological polar surface area (TPSA) is 77.8 Å². The van der Waals surface area contributed by atoms with Crippen LogP contribution in [0.3, 0.4) is 0 Å². The average Bonchev–Trinajstić information content (AvgIpc) is 3.00. The minimum atomic E-state index is -1.23. The highest BCUT2D eigenvalue weighted by Crippen LogP contribution is 2.59. The predicted octanol–water partition coefficient (Wildman–Crippen LogP) is 4.72. The molecule has 3 aliphatic rings. The molecule has 4 heteroatoms. The van der Waals surface area contributed by atoms with E-state index in [9.17, 15) is 20.1 Å². The van der Waals surface area contributed by atoms with E-state index in [1.165, 1.54) is 31.3 Å². The van der Waals surface area contributed by atoms with Gasteiger partial charge in [-0.25, -0.2) is 0 Å². The fourth-order valence-corrected chi connectivity index (χ4v) is 6.61. The van der Waals surface area contributed by atoms with E-state index in [1.807, 2.05) is 0 Å². The van der Waals surface area contributed by atoms with E-state index in [0.29, 0.717) is 43.4 Å². The second-order valence-corrected chi connectivity index (χ2v) is 11.1. The largest absolute Gasteiger partial charge is 0.393 e. The van der Waals surface area contributed by atoms with Crippen molar-refractivity contribution >= 4 is 5.78 Å².